The molecule has 2 rings (SSSR count). The third-order valence-electron chi connectivity index (χ3n) is 2.43. The smallest absolute Gasteiger partial charge is 0.169 e. The second kappa shape index (κ2) is 4.69. The van der Waals surface area contributed by atoms with E-state index < -0.39 is 0 Å². The van der Waals surface area contributed by atoms with E-state index in [-0.39, 0.29) is 6.04 Å². The van der Waals surface area contributed by atoms with Crippen molar-refractivity contribution in [3.8, 4) is 0 Å². The van der Waals surface area contributed by atoms with Gasteiger partial charge in [-0.15, -0.1) is 11.3 Å². The minimum Gasteiger partial charge on any atom is -0.453 e. The molecule has 16 heavy (non-hydrogen) atoms. The van der Waals surface area contributed by atoms with Crippen LogP contribution in [-0.4, -0.2) is 4.98 Å². The lowest BCUT2D eigenvalue weighted by atomic mass is 10.2. The highest BCUT2D eigenvalue weighted by Gasteiger charge is 2.14. The molecule has 0 spiro atoms. The first-order valence-electron chi connectivity index (χ1n) is 5.00. The largest absolute Gasteiger partial charge is 0.453 e. The van der Waals surface area contributed by atoms with E-state index in [0.717, 1.165) is 22.9 Å². The molecule has 0 radical (unpaired) electrons. The molecule has 0 saturated carbocycles. The van der Waals surface area contributed by atoms with E-state index in [0.29, 0.717) is 4.67 Å². The van der Waals surface area contributed by atoms with Crippen LogP contribution in [0.1, 0.15) is 27.4 Å². The molecule has 2 aromatic heterocycles. The van der Waals surface area contributed by atoms with Gasteiger partial charge in [0.05, 0.1) is 16.7 Å². The normalized spacial score (nSPS) is 13.0. The van der Waals surface area contributed by atoms with Gasteiger partial charge in [-0.2, -0.15) is 0 Å². The van der Waals surface area contributed by atoms with Gasteiger partial charge in [-0.05, 0) is 41.9 Å². The fourth-order valence-corrected chi connectivity index (χ4v) is 2.75. The third kappa shape index (κ3) is 2.53. The average Bonchev–Trinajstić information content (AvgIpc) is 2.75. The fourth-order valence-electron chi connectivity index (χ4n) is 1.44. The van der Waals surface area contributed by atoms with E-state index >= 15 is 0 Å². The summed E-state index contributed by atoms with van der Waals surface area (Å²) in [4.78, 5) is 5.72. The van der Waals surface area contributed by atoms with Crippen molar-refractivity contribution in [2.24, 2.45) is 5.73 Å². The van der Waals surface area contributed by atoms with Gasteiger partial charge in [-0.3, -0.25) is 0 Å². The van der Waals surface area contributed by atoms with Crippen LogP contribution >= 0.6 is 27.3 Å². The van der Waals surface area contributed by atoms with Gasteiger partial charge in [-0.1, -0.05) is 0 Å². The SMILES string of the molecule is Cc1nc(CC(N)c2ccc(Br)o2)sc1C. The monoisotopic (exact) mass is 300 g/mol. The van der Waals surface area contributed by atoms with Crippen molar-refractivity contribution in [1.29, 1.82) is 0 Å². The van der Waals surface area contributed by atoms with E-state index in [9.17, 15) is 0 Å². The van der Waals surface area contributed by atoms with Gasteiger partial charge < -0.3 is 10.2 Å². The lowest BCUT2D eigenvalue weighted by molar-refractivity contribution is 0.447. The van der Waals surface area contributed by atoms with Gasteiger partial charge in [-0.25, -0.2) is 4.98 Å². The molecule has 0 saturated heterocycles. The van der Waals surface area contributed by atoms with Gasteiger partial charge in [0.15, 0.2) is 4.67 Å². The first-order chi connectivity index (χ1) is 7.56. The Bertz CT molecular complexity index is 472. The Hall–Kier alpha value is -0.650. The Labute approximate surface area is 107 Å². The number of nitrogens with zero attached hydrogens (tertiary/aromatic N) is 1. The molecule has 86 valence electrons. The van der Waals surface area contributed by atoms with Gasteiger partial charge in [0.2, 0.25) is 0 Å². The minimum atomic E-state index is -0.128. The molecule has 0 aliphatic carbocycles. The topological polar surface area (TPSA) is 52.0 Å². The van der Waals surface area contributed by atoms with Gasteiger partial charge >= 0.3 is 0 Å². The molecule has 0 aromatic carbocycles. The standard InChI is InChI=1S/C11H13BrN2OS/c1-6-7(2)16-11(14-6)5-8(13)9-3-4-10(12)15-9/h3-4,8H,5,13H2,1-2H3. The minimum absolute atomic E-state index is 0.128. The number of hydrogen-bond acceptors (Lipinski definition) is 4. The maximum absolute atomic E-state index is 6.05. The van der Waals surface area contributed by atoms with Gasteiger partial charge in [0, 0.05) is 11.3 Å². The Kier molecular flexibility index (Phi) is 3.47. The highest BCUT2D eigenvalue weighted by molar-refractivity contribution is 9.10. The maximum Gasteiger partial charge on any atom is 0.169 e. The molecule has 0 aliphatic rings. The number of halogens is 1. The van der Waals surface area contributed by atoms with Crippen molar-refractivity contribution in [3.05, 3.63) is 38.1 Å². The van der Waals surface area contributed by atoms with Crippen LogP contribution in [0.5, 0.6) is 0 Å². The molecule has 2 heterocycles. The third-order valence-corrected chi connectivity index (χ3v) is 3.95. The van der Waals surface area contributed by atoms with Crippen LogP contribution < -0.4 is 5.73 Å². The number of rotatable bonds is 3. The van der Waals surface area contributed by atoms with Crippen molar-refractivity contribution >= 4 is 27.3 Å². The molecular weight excluding hydrogens is 288 g/mol. The summed E-state index contributed by atoms with van der Waals surface area (Å²) in [5, 5.41) is 1.06. The number of aromatic nitrogens is 1. The van der Waals surface area contributed by atoms with Crippen LogP contribution in [0.15, 0.2) is 21.2 Å². The van der Waals surface area contributed by atoms with Crippen molar-refractivity contribution in [2.45, 2.75) is 26.3 Å². The van der Waals surface area contributed by atoms with E-state index in [1.165, 1.54) is 4.88 Å². The Morgan fingerprint density at radius 1 is 1.50 bits per heavy atom. The zero-order chi connectivity index (χ0) is 11.7. The molecule has 0 fully saturated rings. The Balaban J connectivity index is 2.10. The second-order valence-corrected chi connectivity index (χ2v) is 5.77. The van der Waals surface area contributed by atoms with Crippen molar-refractivity contribution < 1.29 is 4.42 Å². The predicted octanol–water partition coefficient (Wildman–Crippen LogP) is 3.36. The number of nitrogens with two attached hydrogens (primary N) is 1. The summed E-state index contributed by atoms with van der Waals surface area (Å²) in [7, 11) is 0. The summed E-state index contributed by atoms with van der Waals surface area (Å²) in [6, 6.07) is 3.62. The van der Waals surface area contributed by atoms with Crippen LogP contribution in [0.3, 0.4) is 0 Å². The van der Waals surface area contributed by atoms with Crippen LogP contribution in [0.2, 0.25) is 0 Å². The Morgan fingerprint density at radius 3 is 2.75 bits per heavy atom. The highest BCUT2D eigenvalue weighted by Crippen LogP contribution is 2.24. The summed E-state index contributed by atoms with van der Waals surface area (Å²) in [5.41, 5.74) is 7.14. The molecule has 0 bridgehead atoms. The first-order valence-corrected chi connectivity index (χ1v) is 6.61. The molecule has 2 aromatic rings. The lowest BCUT2D eigenvalue weighted by Crippen LogP contribution is -2.12. The molecule has 1 atom stereocenters. The molecule has 0 aliphatic heterocycles. The fraction of sp³-hybridized carbons (Fsp3) is 0.364. The van der Waals surface area contributed by atoms with Crippen molar-refractivity contribution in [2.75, 3.05) is 0 Å². The van der Waals surface area contributed by atoms with Crippen LogP contribution in [0, 0.1) is 13.8 Å². The van der Waals surface area contributed by atoms with E-state index in [1.807, 2.05) is 19.1 Å². The predicted molar refractivity (Wildman–Crippen MR) is 68.6 cm³/mol. The second-order valence-electron chi connectivity index (χ2n) is 3.70. The summed E-state index contributed by atoms with van der Waals surface area (Å²) in [5.74, 6) is 0.789. The summed E-state index contributed by atoms with van der Waals surface area (Å²) in [6.45, 7) is 4.09. The van der Waals surface area contributed by atoms with E-state index in [2.05, 4.69) is 27.8 Å². The first kappa shape index (κ1) is 11.8. The number of hydrogen-bond donors (Lipinski definition) is 1. The van der Waals surface area contributed by atoms with E-state index in [4.69, 9.17) is 10.2 Å². The zero-order valence-electron chi connectivity index (χ0n) is 9.16. The van der Waals surface area contributed by atoms with Crippen molar-refractivity contribution in [3.63, 3.8) is 0 Å². The quantitative estimate of drug-likeness (QED) is 0.945. The molecule has 1 unspecified atom stereocenters. The maximum atomic E-state index is 6.05. The van der Waals surface area contributed by atoms with Crippen LogP contribution in [0.25, 0.3) is 0 Å². The number of aryl methyl sites for hydroxylation is 2. The molecule has 0 amide bonds. The summed E-state index contributed by atoms with van der Waals surface area (Å²) in [6.07, 6.45) is 0.722. The molecule has 3 nitrogen and oxygen atoms in total. The van der Waals surface area contributed by atoms with E-state index in [1.54, 1.807) is 11.3 Å². The average molecular weight is 301 g/mol. The molecule has 5 heteroatoms. The van der Waals surface area contributed by atoms with Gasteiger partial charge in [0.1, 0.15) is 5.76 Å². The molecule has 2 N–H and O–H groups in total. The van der Waals surface area contributed by atoms with Crippen LogP contribution in [0.4, 0.5) is 0 Å². The van der Waals surface area contributed by atoms with Crippen molar-refractivity contribution in [1.82, 2.24) is 4.98 Å². The summed E-state index contributed by atoms with van der Waals surface area (Å²) >= 11 is 4.97. The number of furan rings is 1. The zero-order valence-corrected chi connectivity index (χ0v) is 11.6. The molecular formula is C11H13BrN2OS. The lowest BCUT2D eigenvalue weighted by Gasteiger charge is -2.05. The summed E-state index contributed by atoms with van der Waals surface area (Å²) < 4.78 is 6.14. The van der Waals surface area contributed by atoms with Crippen LogP contribution in [-0.2, 0) is 6.42 Å². The van der Waals surface area contributed by atoms with Gasteiger partial charge in [0.25, 0.3) is 0 Å². The number of thiazole rings is 1. The highest BCUT2D eigenvalue weighted by atomic mass is 79.9. The Morgan fingerprint density at radius 2 is 2.25 bits per heavy atom.